The molecule has 0 heterocycles. The van der Waals surface area contributed by atoms with Crippen LogP contribution >= 0.6 is 0 Å². The fourth-order valence-electron chi connectivity index (χ4n) is 8.03. The molecule has 0 unspecified atom stereocenters. The molecule has 55 heavy (non-hydrogen) atoms. The van der Waals surface area contributed by atoms with E-state index in [1.54, 1.807) is 0 Å². The van der Waals surface area contributed by atoms with Gasteiger partial charge >= 0.3 is 0 Å². The number of anilines is 3. The molecular weight excluding hydrogens is 663 g/mol. The first-order valence-corrected chi connectivity index (χ1v) is 18.9. The largest absolute Gasteiger partial charge is 0.310 e. The minimum atomic E-state index is 1.10. The van der Waals surface area contributed by atoms with Crippen LogP contribution in [0.15, 0.2) is 224 Å². The van der Waals surface area contributed by atoms with Gasteiger partial charge in [-0.05, 0) is 125 Å². The quantitative estimate of drug-likeness (QED) is 0.160. The molecular formula is C54H37N. The number of hydrogen-bond acceptors (Lipinski definition) is 1. The number of nitrogens with zero attached hydrogens (tertiary/aromatic N) is 1. The van der Waals surface area contributed by atoms with Gasteiger partial charge in [0.1, 0.15) is 0 Å². The van der Waals surface area contributed by atoms with Crippen LogP contribution in [0.1, 0.15) is 0 Å². The van der Waals surface area contributed by atoms with E-state index in [0.717, 1.165) is 17.1 Å². The van der Waals surface area contributed by atoms with Crippen LogP contribution in [0.4, 0.5) is 17.1 Å². The molecule has 0 aliphatic heterocycles. The van der Waals surface area contributed by atoms with Gasteiger partial charge in [0.05, 0.1) is 0 Å². The Morgan fingerprint density at radius 1 is 0.218 bits per heavy atom. The van der Waals surface area contributed by atoms with Gasteiger partial charge in [-0.25, -0.2) is 0 Å². The molecule has 0 saturated carbocycles. The average molecular weight is 700 g/mol. The Labute approximate surface area is 322 Å². The molecule has 0 aliphatic rings. The minimum absolute atomic E-state index is 1.10. The summed E-state index contributed by atoms with van der Waals surface area (Å²) in [7, 11) is 0. The van der Waals surface area contributed by atoms with Crippen molar-refractivity contribution in [3.63, 3.8) is 0 Å². The molecule has 0 aliphatic carbocycles. The van der Waals surface area contributed by atoms with Gasteiger partial charge in [-0.3, -0.25) is 0 Å². The summed E-state index contributed by atoms with van der Waals surface area (Å²) >= 11 is 0. The van der Waals surface area contributed by atoms with E-state index in [4.69, 9.17) is 0 Å². The van der Waals surface area contributed by atoms with Crippen molar-refractivity contribution in [2.45, 2.75) is 0 Å². The number of fused-ring (bicyclic) bond motifs is 3. The smallest absolute Gasteiger partial charge is 0.0468 e. The minimum Gasteiger partial charge on any atom is -0.310 e. The molecule has 1 nitrogen and oxygen atoms in total. The molecule has 258 valence electrons. The summed E-state index contributed by atoms with van der Waals surface area (Å²) in [6.45, 7) is 0. The Morgan fingerprint density at radius 3 is 1.25 bits per heavy atom. The topological polar surface area (TPSA) is 3.24 Å². The van der Waals surface area contributed by atoms with Gasteiger partial charge in [0, 0.05) is 17.1 Å². The predicted octanol–water partition coefficient (Wildman–Crippen LogP) is 15.3. The molecule has 0 amide bonds. The first-order valence-electron chi connectivity index (χ1n) is 18.9. The van der Waals surface area contributed by atoms with Gasteiger partial charge in [-0.2, -0.15) is 0 Å². The van der Waals surface area contributed by atoms with E-state index in [1.807, 2.05) is 0 Å². The van der Waals surface area contributed by atoms with E-state index in [0.29, 0.717) is 0 Å². The van der Waals surface area contributed by atoms with E-state index in [2.05, 4.69) is 229 Å². The summed E-state index contributed by atoms with van der Waals surface area (Å²) in [5.74, 6) is 0. The van der Waals surface area contributed by atoms with Crippen molar-refractivity contribution in [2.24, 2.45) is 0 Å². The fraction of sp³-hybridized carbons (Fsp3) is 0. The van der Waals surface area contributed by atoms with E-state index in [-0.39, 0.29) is 0 Å². The van der Waals surface area contributed by atoms with Crippen molar-refractivity contribution in [2.75, 3.05) is 4.90 Å². The van der Waals surface area contributed by atoms with Gasteiger partial charge in [-0.1, -0.05) is 176 Å². The van der Waals surface area contributed by atoms with E-state index in [9.17, 15) is 0 Å². The Hall–Kier alpha value is -7.22. The van der Waals surface area contributed by atoms with Crippen LogP contribution in [0.25, 0.3) is 76.8 Å². The normalized spacial score (nSPS) is 11.3. The van der Waals surface area contributed by atoms with Crippen LogP contribution in [-0.2, 0) is 0 Å². The molecule has 0 aromatic heterocycles. The van der Waals surface area contributed by atoms with Crippen molar-refractivity contribution >= 4 is 49.4 Å². The van der Waals surface area contributed by atoms with Gasteiger partial charge in [0.15, 0.2) is 0 Å². The van der Waals surface area contributed by atoms with Crippen molar-refractivity contribution in [1.29, 1.82) is 0 Å². The van der Waals surface area contributed by atoms with Crippen LogP contribution < -0.4 is 4.90 Å². The predicted molar refractivity (Wildman–Crippen MR) is 235 cm³/mol. The lowest BCUT2D eigenvalue weighted by molar-refractivity contribution is 1.29. The number of rotatable bonds is 7. The molecule has 10 aromatic rings. The molecule has 0 atom stereocenters. The number of hydrogen-bond donors (Lipinski definition) is 0. The van der Waals surface area contributed by atoms with Crippen LogP contribution in [0, 0.1) is 0 Å². The average Bonchev–Trinajstić information content (AvgIpc) is 3.27. The first kappa shape index (κ1) is 32.4. The summed E-state index contributed by atoms with van der Waals surface area (Å²) < 4.78 is 0. The Morgan fingerprint density at radius 2 is 0.618 bits per heavy atom. The van der Waals surface area contributed by atoms with Crippen molar-refractivity contribution in [3.8, 4) is 44.5 Å². The lowest BCUT2D eigenvalue weighted by atomic mass is 9.91. The van der Waals surface area contributed by atoms with Gasteiger partial charge in [-0.15, -0.1) is 0 Å². The zero-order valence-corrected chi connectivity index (χ0v) is 30.3. The van der Waals surface area contributed by atoms with Crippen molar-refractivity contribution < 1.29 is 0 Å². The maximum absolute atomic E-state index is 2.37. The van der Waals surface area contributed by atoms with E-state index in [1.165, 1.54) is 76.8 Å². The number of benzene rings is 10. The highest BCUT2D eigenvalue weighted by molar-refractivity contribution is 6.06. The van der Waals surface area contributed by atoms with Gasteiger partial charge in [0.25, 0.3) is 0 Å². The second-order valence-electron chi connectivity index (χ2n) is 14.2. The molecule has 10 aromatic carbocycles. The van der Waals surface area contributed by atoms with Crippen molar-refractivity contribution in [1.82, 2.24) is 0 Å². The highest BCUT2D eigenvalue weighted by Gasteiger charge is 2.16. The molecule has 0 saturated heterocycles. The second-order valence-corrected chi connectivity index (χ2v) is 14.2. The SMILES string of the molecule is c1ccc(-c2ccc(N(c3ccc(-c4cccc5cccc(-c6ccccc6)c45)cc3)c3ccc4cc(-c5ccc6ccccc6c5)ccc4c3)cc2)cc1. The fourth-order valence-corrected chi connectivity index (χ4v) is 8.03. The lowest BCUT2D eigenvalue weighted by Gasteiger charge is -2.26. The first-order chi connectivity index (χ1) is 27.2. The maximum atomic E-state index is 2.37. The van der Waals surface area contributed by atoms with E-state index >= 15 is 0 Å². The third-order valence-electron chi connectivity index (χ3n) is 10.8. The van der Waals surface area contributed by atoms with Crippen LogP contribution in [0.5, 0.6) is 0 Å². The summed E-state index contributed by atoms with van der Waals surface area (Å²) in [4.78, 5) is 2.37. The zero-order chi connectivity index (χ0) is 36.6. The summed E-state index contributed by atoms with van der Waals surface area (Å²) in [5, 5.41) is 7.45. The second kappa shape index (κ2) is 14.0. The lowest BCUT2D eigenvalue weighted by Crippen LogP contribution is -2.09. The van der Waals surface area contributed by atoms with E-state index < -0.39 is 0 Å². The standard InChI is InChI=1S/C54H37N/c1-3-11-38(12-4-1)40-25-30-49(31-26-40)55(51-34-29-47-36-46(23-24-48(47)37-51)45-22-21-39-13-7-8-16-44(39)35-45)50-32-27-42(28-33-50)53-20-10-18-43-17-9-19-52(54(43)53)41-14-5-2-6-15-41/h1-37H. The summed E-state index contributed by atoms with van der Waals surface area (Å²) in [5.41, 5.74) is 13.1. The Bertz CT molecular complexity index is 2940. The summed E-state index contributed by atoms with van der Waals surface area (Å²) in [6, 6.07) is 81.4. The Balaban J connectivity index is 1.06. The molecule has 0 spiro atoms. The van der Waals surface area contributed by atoms with Crippen LogP contribution in [-0.4, -0.2) is 0 Å². The molecule has 0 radical (unpaired) electrons. The third kappa shape index (κ3) is 6.22. The molecule has 0 N–H and O–H groups in total. The van der Waals surface area contributed by atoms with Crippen LogP contribution in [0.2, 0.25) is 0 Å². The van der Waals surface area contributed by atoms with Gasteiger partial charge in [0.2, 0.25) is 0 Å². The highest BCUT2D eigenvalue weighted by Crippen LogP contribution is 2.41. The highest BCUT2D eigenvalue weighted by atomic mass is 15.1. The van der Waals surface area contributed by atoms with Crippen LogP contribution in [0.3, 0.4) is 0 Å². The molecule has 1 heteroatoms. The Kier molecular flexibility index (Phi) is 8.24. The molecule has 0 fully saturated rings. The maximum Gasteiger partial charge on any atom is 0.0468 e. The summed E-state index contributed by atoms with van der Waals surface area (Å²) in [6.07, 6.45) is 0. The van der Waals surface area contributed by atoms with Crippen molar-refractivity contribution in [3.05, 3.63) is 224 Å². The monoisotopic (exact) mass is 699 g/mol. The molecule has 0 bridgehead atoms. The third-order valence-corrected chi connectivity index (χ3v) is 10.8. The zero-order valence-electron chi connectivity index (χ0n) is 30.3. The van der Waals surface area contributed by atoms with Gasteiger partial charge < -0.3 is 4.90 Å². The molecule has 10 rings (SSSR count).